The van der Waals surface area contributed by atoms with Crippen LogP contribution in [-0.2, 0) is 17.8 Å². The molecule has 2 aromatic rings. The van der Waals surface area contributed by atoms with Crippen molar-refractivity contribution in [2.24, 2.45) is 0 Å². The van der Waals surface area contributed by atoms with E-state index in [4.69, 9.17) is 4.74 Å². The summed E-state index contributed by atoms with van der Waals surface area (Å²) in [6, 6.07) is 7.13. The van der Waals surface area contributed by atoms with E-state index in [0.29, 0.717) is 37.8 Å². The Hall–Kier alpha value is -2.05. The van der Waals surface area contributed by atoms with Crippen LogP contribution in [-0.4, -0.2) is 41.2 Å². The number of halogens is 1. The van der Waals surface area contributed by atoms with Gasteiger partial charge in [0.05, 0.1) is 6.61 Å². The molecule has 0 aliphatic rings. The minimum atomic E-state index is -0.187. The minimum Gasteiger partial charge on any atom is -0.383 e. The van der Waals surface area contributed by atoms with Crippen molar-refractivity contribution in [1.29, 1.82) is 0 Å². The predicted octanol–water partition coefficient (Wildman–Crippen LogP) is 3.08. The lowest BCUT2D eigenvalue weighted by Gasteiger charge is -2.22. The van der Waals surface area contributed by atoms with Gasteiger partial charge in [0.1, 0.15) is 5.82 Å². The number of ether oxygens (including phenoxy) is 1. The molecule has 1 heterocycles. The van der Waals surface area contributed by atoms with E-state index in [-0.39, 0.29) is 11.9 Å². The van der Waals surface area contributed by atoms with Crippen LogP contribution in [0.1, 0.15) is 25.0 Å². The number of anilines is 1. The molecule has 0 fully saturated rings. The maximum Gasteiger partial charge on any atom is 0.222 e. The van der Waals surface area contributed by atoms with Gasteiger partial charge >= 0.3 is 0 Å². The molecule has 2 rings (SSSR count). The molecule has 0 bridgehead atoms. The highest BCUT2D eigenvalue weighted by molar-refractivity contribution is 5.25. The number of nitrogens with zero attached hydrogens (tertiary/aromatic N) is 3. The Morgan fingerprint density at radius 1 is 1.17 bits per heavy atom. The zero-order valence-electron chi connectivity index (χ0n) is 14.5. The average molecular weight is 332 g/mol. The van der Waals surface area contributed by atoms with Gasteiger partial charge in [-0.2, -0.15) is 0 Å². The quantitative estimate of drug-likeness (QED) is 0.765. The lowest BCUT2D eigenvalue weighted by atomic mass is 10.2. The highest BCUT2D eigenvalue weighted by Gasteiger charge is 2.11. The van der Waals surface area contributed by atoms with E-state index < -0.39 is 0 Å². The average Bonchev–Trinajstić information content (AvgIpc) is 2.56. The minimum absolute atomic E-state index is 0.187. The molecule has 130 valence electrons. The summed E-state index contributed by atoms with van der Waals surface area (Å²) >= 11 is 0. The van der Waals surface area contributed by atoms with E-state index in [1.165, 1.54) is 6.07 Å². The molecule has 0 spiro atoms. The summed E-state index contributed by atoms with van der Waals surface area (Å²) in [4.78, 5) is 10.8. The van der Waals surface area contributed by atoms with Crippen LogP contribution < -0.4 is 5.32 Å². The molecule has 0 unspecified atom stereocenters. The number of aromatic nitrogens is 2. The molecule has 0 aliphatic carbocycles. The Morgan fingerprint density at radius 2 is 1.88 bits per heavy atom. The second kappa shape index (κ2) is 9.30. The molecule has 0 saturated heterocycles. The Kier molecular flexibility index (Phi) is 7.08. The van der Waals surface area contributed by atoms with Gasteiger partial charge in [-0.05, 0) is 19.9 Å². The summed E-state index contributed by atoms with van der Waals surface area (Å²) in [6.45, 7) is 6.52. The van der Waals surface area contributed by atoms with Crippen molar-refractivity contribution in [3.8, 4) is 0 Å². The number of hydrogen-bond acceptors (Lipinski definition) is 5. The fraction of sp³-hybridized carbons (Fsp3) is 0.444. The van der Waals surface area contributed by atoms with E-state index in [1.807, 2.05) is 19.9 Å². The molecule has 1 aromatic carbocycles. The van der Waals surface area contributed by atoms with Gasteiger partial charge in [0.2, 0.25) is 5.95 Å². The van der Waals surface area contributed by atoms with Crippen molar-refractivity contribution in [3.05, 3.63) is 53.6 Å². The van der Waals surface area contributed by atoms with Crippen molar-refractivity contribution in [2.75, 3.05) is 25.6 Å². The first-order valence-electron chi connectivity index (χ1n) is 8.10. The van der Waals surface area contributed by atoms with Crippen LogP contribution in [0.15, 0.2) is 36.7 Å². The van der Waals surface area contributed by atoms with E-state index in [2.05, 4.69) is 20.2 Å². The van der Waals surface area contributed by atoms with Crippen LogP contribution in [0.4, 0.5) is 10.3 Å². The van der Waals surface area contributed by atoms with Crippen LogP contribution in [0, 0.1) is 5.82 Å². The fourth-order valence-corrected chi connectivity index (χ4v) is 2.33. The van der Waals surface area contributed by atoms with Crippen molar-refractivity contribution >= 4 is 5.95 Å². The number of hydrogen-bond donors (Lipinski definition) is 1. The number of nitrogens with one attached hydrogen (secondary N) is 1. The molecular weight excluding hydrogens is 307 g/mol. The van der Waals surface area contributed by atoms with E-state index in [0.717, 1.165) is 5.56 Å². The summed E-state index contributed by atoms with van der Waals surface area (Å²) < 4.78 is 19.1. The van der Waals surface area contributed by atoms with Gasteiger partial charge in [-0.25, -0.2) is 14.4 Å². The zero-order chi connectivity index (χ0) is 17.4. The number of rotatable bonds is 9. The molecule has 0 aliphatic heterocycles. The molecular formula is C18H25FN4O. The Labute approximate surface area is 142 Å². The molecule has 24 heavy (non-hydrogen) atoms. The topological polar surface area (TPSA) is 50.3 Å². The third-order valence-electron chi connectivity index (χ3n) is 3.49. The van der Waals surface area contributed by atoms with Gasteiger partial charge in [0.25, 0.3) is 0 Å². The summed E-state index contributed by atoms with van der Waals surface area (Å²) in [5, 5.41) is 3.16. The zero-order valence-corrected chi connectivity index (χ0v) is 14.5. The lowest BCUT2D eigenvalue weighted by molar-refractivity contribution is 0.139. The van der Waals surface area contributed by atoms with E-state index in [1.54, 1.807) is 31.6 Å². The molecule has 1 aromatic heterocycles. The Balaban J connectivity index is 2.03. The van der Waals surface area contributed by atoms with E-state index in [9.17, 15) is 4.39 Å². The second-order valence-corrected chi connectivity index (χ2v) is 6.01. The Bertz CT molecular complexity index is 619. The van der Waals surface area contributed by atoms with Gasteiger partial charge in [0.15, 0.2) is 0 Å². The summed E-state index contributed by atoms with van der Waals surface area (Å²) in [6.07, 6.45) is 3.61. The Morgan fingerprint density at radius 3 is 2.50 bits per heavy atom. The SMILES string of the molecule is COCCN(Cc1cnc(NC(C)C)nc1)Cc1ccccc1F. The normalized spacial score (nSPS) is 11.2. The third kappa shape index (κ3) is 5.86. The van der Waals surface area contributed by atoms with Crippen LogP contribution in [0.25, 0.3) is 0 Å². The second-order valence-electron chi connectivity index (χ2n) is 6.01. The van der Waals surface area contributed by atoms with Crippen molar-refractivity contribution in [1.82, 2.24) is 14.9 Å². The van der Waals surface area contributed by atoms with Crippen LogP contribution in [0.2, 0.25) is 0 Å². The molecule has 0 atom stereocenters. The smallest absolute Gasteiger partial charge is 0.222 e. The molecule has 6 heteroatoms. The molecule has 0 amide bonds. The molecule has 0 saturated carbocycles. The predicted molar refractivity (Wildman–Crippen MR) is 93.2 cm³/mol. The molecule has 5 nitrogen and oxygen atoms in total. The molecule has 0 radical (unpaired) electrons. The third-order valence-corrected chi connectivity index (χ3v) is 3.49. The standard InChI is InChI=1S/C18H25FN4O/c1-14(2)22-18-20-10-15(11-21-18)12-23(8-9-24-3)13-16-6-4-5-7-17(16)19/h4-7,10-11,14H,8-9,12-13H2,1-3H3,(H,20,21,22). The van der Waals surface area contributed by atoms with Crippen LogP contribution in [0.3, 0.4) is 0 Å². The fourth-order valence-electron chi connectivity index (χ4n) is 2.33. The van der Waals surface area contributed by atoms with E-state index >= 15 is 0 Å². The van der Waals surface area contributed by atoms with Gasteiger partial charge < -0.3 is 10.1 Å². The number of benzene rings is 1. The number of methoxy groups -OCH3 is 1. The van der Waals surface area contributed by atoms with Crippen LogP contribution >= 0.6 is 0 Å². The first kappa shape index (κ1) is 18.3. The summed E-state index contributed by atoms with van der Waals surface area (Å²) in [5.41, 5.74) is 1.66. The maximum atomic E-state index is 13.9. The largest absolute Gasteiger partial charge is 0.383 e. The summed E-state index contributed by atoms with van der Waals surface area (Å²) in [7, 11) is 1.66. The van der Waals surface area contributed by atoms with Crippen molar-refractivity contribution in [3.63, 3.8) is 0 Å². The van der Waals surface area contributed by atoms with Crippen LogP contribution in [0.5, 0.6) is 0 Å². The first-order chi connectivity index (χ1) is 11.6. The molecule has 1 N–H and O–H groups in total. The van der Waals surface area contributed by atoms with Gasteiger partial charge in [-0.1, -0.05) is 18.2 Å². The lowest BCUT2D eigenvalue weighted by Crippen LogP contribution is -2.27. The summed E-state index contributed by atoms with van der Waals surface area (Å²) in [5.74, 6) is 0.430. The highest BCUT2D eigenvalue weighted by Crippen LogP contribution is 2.13. The monoisotopic (exact) mass is 332 g/mol. The van der Waals surface area contributed by atoms with Gasteiger partial charge in [-0.15, -0.1) is 0 Å². The van der Waals surface area contributed by atoms with Gasteiger partial charge in [0, 0.05) is 56.3 Å². The van der Waals surface area contributed by atoms with Crippen molar-refractivity contribution < 1.29 is 9.13 Å². The van der Waals surface area contributed by atoms with Crippen molar-refractivity contribution in [2.45, 2.75) is 33.0 Å². The first-order valence-corrected chi connectivity index (χ1v) is 8.10. The van der Waals surface area contributed by atoms with Gasteiger partial charge in [-0.3, -0.25) is 4.90 Å². The highest BCUT2D eigenvalue weighted by atomic mass is 19.1. The maximum absolute atomic E-state index is 13.9.